The Kier molecular flexibility index (Phi) is 4.88. The van der Waals surface area contributed by atoms with Gasteiger partial charge in [0.1, 0.15) is 0 Å². The van der Waals surface area contributed by atoms with Crippen LogP contribution in [0.2, 0.25) is 0 Å². The van der Waals surface area contributed by atoms with Crippen molar-refractivity contribution in [2.45, 2.75) is 10.8 Å². The van der Waals surface area contributed by atoms with Gasteiger partial charge in [0.15, 0.2) is 4.34 Å². The van der Waals surface area contributed by atoms with Gasteiger partial charge in [0.05, 0.1) is 16.0 Å². The predicted octanol–water partition coefficient (Wildman–Crippen LogP) is 4.96. The summed E-state index contributed by atoms with van der Waals surface area (Å²) in [4.78, 5) is 16.4. The second kappa shape index (κ2) is 7.06. The van der Waals surface area contributed by atoms with Crippen molar-refractivity contribution in [1.29, 1.82) is 0 Å². The van der Waals surface area contributed by atoms with Crippen molar-refractivity contribution in [2.24, 2.45) is 0 Å². The van der Waals surface area contributed by atoms with Crippen LogP contribution in [0.3, 0.4) is 0 Å². The molecular weight excluding hydrogens is 338 g/mol. The Bertz CT molecular complexity index is 785. The molecule has 0 saturated carbocycles. The van der Waals surface area contributed by atoms with Gasteiger partial charge >= 0.3 is 0 Å². The van der Waals surface area contributed by atoms with Gasteiger partial charge in [-0.05, 0) is 24.3 Å². The van der Waals surface area contributed by atoms with Crippen molar-refractivity contribution in [3.63, 3.8) is 0 Å². The molecule has 0 fully saturated rings. The van der Waals surface area contributed by atoms with Crippen molar-refractivity contribution in [3.05, 3.63) is 54.1 Å². The number of thiazole rings is 1. The number of alkyl halides is 2. The van der Waals surface area contributed by atoms with Crippen LogP contribution in [-0.2, 0) is 4.79 Å². The molecule has 1 amide bonds. The van der Waals surface area contributed by atoms with Gasteiger partial charge in [0.2, 0.25) is 5.91 Å². The summed E-state index contributed by atoms with van der Waals surface area (Å²) in [6, 6.07) is 13.4. The van der Waals surface area contributed by atoms with Crippen molar-refractivity contribution in [3.8, 4) is 0 Å². The SMILES string of the molecule is O=C(CSc1nc2ccccc2s1)Nc1ccc(C(F)F)cc1. The molecule has 7 heteroatoms. The van der Waals surface area contributed by atoms with E-state index >= 15 is 0 Å². The smallest absolute Gasteiger partial charge is 0.263 e. The molecule has 0 saturated heterocycles. The van der Waals surface area contributed by atoms with E-state index in [0.717, 1.165) is 14.6 Å². The maximum atomic E-state index is 12.5. The van der Waals surface area contributed by atoms with Crippen LogP contribution in [0.15, 0.2) is 52.9 Å². The lowest BCUT2D eigenvalue weighted by molar-refractivity contribution is -0.113. The van der Waals surface area contributed by atoms with E-state index in [1.807, 2.05) is 24.3 Å². The Morgan fingerprint density at radius 1 is 1.17 bits per heavy atom. The average Bonchev–Trinajstić information content (AvgIpc) is 2.96. The highest BCUT2D eigenvalue weighted by atomic mass is 32.2. The van der Waals surface area contributed by atoms with Crippen LogP contribution >= 0.6 is 23.1 Å². The van der Waals surface area contributed by atoms with E-state index in [9.17, 15) is 13.6 Å². The summed E-state index contributed by atoms with van der Waals surface area (Å²) in [6.45, 7) is 0. The monoisotopic (exact) mass is 350 g/mol. The number of benzene rings is 2. The summed E-state index contributed by atoms with van der Waals surface area (Å²) in [5.41, 5.74) is 1.36. The number of rotatable bonds is 5. The number of aromatic nitrogens is 1. The van der Waals surface area contributed by atoms with Gasteiger partial charge in [0.25, 0.3) is 6.43 Å². The topological polar surface area (TPSA) is 42.0 Å². The Morgan fingerprint density at radius 3 is 2.61 bits per heavy atom. The number of fused-ring (bicyclic) bond motifs is 1. The van der Waals surface area contributed by atoms with Crippen LogP contribution in [0.25, 0.3) is 10.2 Å². The first-order valence-corrected chi connectivity index (χ1v) is 8.58. The highest BCUT2D eigenvalue weighted by molar-refractivity contribution is 8.01. The Morgan fingerprint density at radius 2 is 1.91 bits per heavy atom. The third kappa shape index (κ3) is 4.05. The maximum Gasteiger partial charge on any atom is 0.263 e. The fraction of sp³-hybridized carbons (Fsp3) is 0.125. The highest BCUT2D eigenvalue weighted by Crippen LogP contribution is 2.29. The summed E-state index contributed by atoms with van der Waals surface area (Å²) in [7, 11) is 0. The number of carbonyl (C=O) groups excluding carboxylic acids is 1. The lowest BCUT2D eigenvalue weighted by Crippen LogP contribution is -2.13. The molecule has 0 atom stereocenters. The molecule has 0 unspecified atom stereocenters. The normalized spacial score (nSPS) is 11.1. The summed E-state index contributed by atoms with van der Waals surface area (Å²) in [6.07, 6.45) is -2.51. The van der Waals surface area contributed by atoms with Gasteiger partial charge in [-0.1, -0.05) is 36.0 Å². The summed E-state index contributed by atoms with van der Waals surface area (Å²) >= 11 is 2.90. The van der Waals surface area contributed by atoms with Crippen molar-refractivity contribution in [2.75, 3.05) is 11.1 Å². The molecule has 1 aromatic heterocycles. The molecule has 1 heterocycles. The third-order valence-corrected chi connectivity index (χ3v) is 5.23. The molecule has 0 bridgehead atoms. The lowest BCUT2D eigenvalue weighted by atomic mass is 10.2. The lowest BCUT2D eigenvalue weighted by Gasteiger charge is -2.05. The Balaban J connectivity index is 1.56. The van der Waals surface area contributed by atoms with Gasteiger partial charge in [-0.15, -0.1) is 11.3 Å². The summed E-state index contributed by atoms with van der Waals surface area (Å²) in [5, 5.41) is 2.68. The second-order valence-corrected chi connectivity index (χ2v) is 6.96. The molecular formula is C16H12F2N2OS2. The number of thioether (sulfide) groups is 1. The van der Waals surface area contributed by atoms with E-state index in [0.29, 0.717) is 5.69 Å². The molecule has 0 aliphatic rings. The van der Waals surface area contributed by atoms with Crippen molar-refractivity contribution >= 4 is 44.9 Å². The zero-order valence-electron chi connectivity index (χ0n) is 11.8. The maximum absolute atomic E-state index is 12.5. The standard InChI is InChI=1S/C16H12F2N2OS2/c17-15(18)10-5-7-11(8-6-10)19-14(21)9-22-16-20-12-3-1-2-4-13(12)23-16/h1-8,15H,9H2,(H,19,21). The fourth-order valence-corrected chi connectivity index (χ4v) is 3.82. The number of nitrogens with zero attached hydrogens (tertiary/aromatic N) is 1. The van der Waals surface area contributed by atoms with Crippen LogP contribution in [0.4, 0.5) is 14.5 Å². The molecule has 23 heavy (non-hydrogen) atoms. The number of hydrogen-bond acceptors (Lipinski definition) is 4. The van der Waals surface area contributed by atoms with E-state index in [1.54, 1.807) is 0 Å². The summed E-state index contributed by atoms with van der Waals surface area (Å²) in [5.74, 6) is 0.0233. The molecule has 118 valence electrons. The van der Waals surface area contributed by atoms with Crippen LogP contribution in [0, 0.1) is 0 Å². The van der Waals surface area contributed by atoms with E-state index in [4.69, 9.17) is 0 Å². The quantitative estimate of drug-likeness (QED) is 0.661. The minimum absolute atomic E-state index is 0.0631. The van der Waals surface area contributed by atoms with Crippen molar-refractivity contribution in [1.82, 2.24) is 4.98 Å². The number of halogens is 2. The minimum atomic E-state index is -2.51. The van der Waals surface area contributed by atoms with Gasteiger partial charge in [-0.2, -0.15) is 0 Å². The van der Waals surface area contributed by atoms with E-state index in [2.05, 4.69) is 10.3 Å². The van der Waals surface area contributed by atoms with E-state index < -0.39 is 6.43 Å². The first kappa shape index (κ1) is 15.9. The number of carbonyl (C=O) groups is 1. The molecule has 0 aliphatic carbocycles. The van der Waals surface area contributed by atoms with Crippen LogP contribution in [-0.4, -0.2) is 16.6 Å². The molecule has 0 spiro atoms. The molecule has 3 rings (SSSR count). The van der Waals surface area contributed by atoms with E-state index in [-0.39, 0.29) is 17.2 Å². The summed E-state index contributed by atoms with van der Waals surface area (Å²) < 4.78 is 26.8. The zero-order valence-corrected chi connectivity index (χ0v) is 13.5. The fourth-order valence-electron chi connectivity index (χ4n) is 1.95. The van der Waals surface area contributed by atoms with Crippen molar-refractivity contribution < 1.29 is 13.6 Å². The molecule has 2 aromatic carbocycles. The van der Waals surface area contributed by atoms with Crippen LogP contribution in [0.1, 0.15) is 12.0 Å². The van der Waals surface area contributed by atoms with Gasteiger partial charge in [-0.25, -0.2) is 13.8 Å². The Hall–Kier alpha value is -1.99. The van der Waals surface area contributed by atoms with Crippen LogP contribution in [0.5, 0.6) is 0 Å². The molecule has 3 aromatic rings. The first-order valence-electron chi connectivity index (χ1n) is 6.78. The third-order valence-electron chi connectivity index (χ3n) is 3.05. The minimum Gasteiger partial charge on any atom is -0.325 e. The zero-order chi connectivity index (χ0) is 16.2. The number of amides is 1. The molecule has 0 radical (unpaired) electrons. The van der Waals surface area contributed by atoms with Gasteiger partial charge < -0.3 is 5.32 Å². The highest BCUT2D eigenvalue weighted by Gasteiger charge is 2.09. The largest absolute Gasteiger partial charge is 0.325 e. The molecule has 3 nitrogen and oxygen atoms in total. The van der Waals surface area contributed by atoms with E-state index in [1.165, 1.54) is 47.4 Å². The van der Waals surface area contributed by atoms with Crippen LogP contribution < -0.4 is 5.32 Å². The van der Waals surface area contributed by atoms with Gasteiger partial charge in [-0.3, -0.25) is 4.79 Å². The first-order chi connectivity index (χ1) is 11.1. The number of hydrogen-bond donors (Lipinski definition) is 1. The number of nitrogens with one attached hydrogen (secondary N) is 1. The average molecular weight is 350 g/mol. The number of para-hydroxylation sites is 1. The van der Waals surface area contributed by atoms with Gasteiger partial charge in [0, 0.05) is 11.3 Å². The molecule has 1 N–H and O–H groups in total. The second-order valence-electron chi connectivity index (χ2n) is 4.71. The predicted molar refractivity (Wildman–Crippen MR) is 90.4 cm³/mol. The molecule has 0 aliphatic heterocycles. The Labute approximate surface area is 139 Å². The number of anilines is 1.